The molecule has 0 aliphatic carbocycles. The lowest BCUT2D eigenvalue weighted by atomic mass is 10.1. The van der Waals surface area contributed by atoms with Gasteiger partial charge >= 0.3 is 0 Å². The summed E-state index contributed by atoms with van der Waals surface area (Å²) in [5.74, 6) is -0.243. The molecule has 0 unspecified atom stereocenters. The van der Waals surface area contributed by atoms with Gasteiger partial charge in [0.05, 0.1) is 8.95 Å². The number of hydrogen-bond acceptors (Lipinski definition) is 3. The summed E-state index contributed by atoms with van der Waals surface area (Å²) < 4.78 is 0.949. The van der Waals surface area contributed by atoms with Crippen molar-refractivity contribution in [3.8, 4) is 5.75 Å². The Kier molecular flexibility index (Phi) is 7.01. The molecule has 2 aromatic rings. The molecule has 0 radical (unpaired) electrons. The highest BCUT2D eigenvalue weighted by Gasteiger charge is 2.10. The molecule has 2 rings (SSSR count). The van der Waals surface area contributed by atoms with Gasteiger partial charge in [-0.2, -0.15) is 0 Å². The highest BCUT2D eigenvalue weighted by atomic mass is 79.9. The molecule has 0 aromatic heterocycles. The Labute approximate surface area is 163 Å². The second-order valence-corrected chi connectivity index (χ2v) is 7.18. The molecule has 25 heavy (non-hydrogen) atoms. The van der Waals surface area contributed by atoms with Crippen molar-refractivity contribution in [3.05, 3.63) is 50.9 Å². The van der Waals surface area contributed by atoms with Crippen LogP contribution in [0.2, 0.25) is 0 Å². The van der Waals surface area contributed by atoms with Crippen molar-refractivity contribution >= 4 is 55.0 Å². The zero-order chi connectivity index (χ0) is 18.4. The van der Waals surface area contributed by atoms with Crippen LogP contribution in [0.1, 0.15) is 36.5 Å². The second-order valence-electron chi connectivity index (χ2n) is 5.47. The van der Waals surface area contributed by atoms with E-state index in [2.05, 4.69) is 42.5 Å². The normalized spacial score (nSPS) is 10.4. The van der Waals surface area contributed by atoms with Crippen LogP contribution in [0.3, 0.4) is 0 Å². The van der Waals surface area contributed by atoms with Gasteiger partial charge in [-0.3, -0.25) is 9.59 Å². The monoisotopic (exact) mass is 468 g/mol. The molecule has 0 bridgehead atoms. The van der Waals surface area contributed by atoms with Crippen LogP contribution in [0.4, 0.5) is 11.4 Å². The Morgan fingerprint density at radius 3 is 2.16 bits per heavy atom. The molecular weight excluding hydrogens is 452 g/mol. The van der Waals surface area contributed by atoms with Crippen LogP contribution in [0, 0.1) is 0 Å². The summed E-state index contributed by atoms with van der Waals surface area (Å²) in [6, 6.07) is 9.91. The standard InChI is InChI=1S/C18H18Br2N2O3/c1-2-3-4-16(23)21-12-7-5-11(6-8-12)18(25)22-13-9-14(19)17(24)15(20)10-13/h5-10,24H,2-4H2,1H3,(H,21,23)(H,22,25). The number of nitrogens with one attached hydrogen (secondary N) is 2. The zero-order valence-electron chi connectivity index (χ0n) is 13.6. The average Bonchev–Trinajstić information content (AvgIpc) is 2.58. The molecule has 0 aliphatic rings. The molecular formula is C18H18Br2N2O3. The fourth-order valence-electron chi connectivity index (χ4n) is 2.11. The molecule has 7 heteroatoms. The summed E-state index contributed by atoms with van der Waals surface area (Å²) in [6.07, 6.45) is 2.31. The fourth-order valence-corrected chi connectivity index (χ4v) is 3.29. The van der Waals surface area contributed by atoms with Crippen molar-refractivity contribution in [2.75, 3.05) is 10.6 Å². The lowest BCUT2D eigenvalue weighted by molar-refractivity contribution is -0.116. The molecule has 0 spiro atoms. The molecule has 0 saturated heterocycles. The molecule has 2 amide bonds. The number of phenolic OH excluding ortho intramolecular Hbond substituents is 1. The average molecular weight is 470 g/mol. The van der Waals surface area contributed by atoms with E-state index in [1.54, 1.807) is 36.4 Å². The number of carbonyl (C=O) groups excluding carboxylic acids is 2. The third-order valence-electron chi connectivity index (χ3n) is 3.46. The largest absolute Gasteiger partial charge is 0.506 e. The van der Waals surface area contributed by atoms with Crippen LogP contribution in [-0.2, 0) is 4.79 Å². The van der Waals surface area contributed by atoms with Gasteiger partial charge in [-0.15, -0.1) is 0 Å². The van der Waals surface area contributed by atoms with E-state index in [0.29, 0.717) is 32.3 Å². The number of unbranched alkanes of at least 4 members (excludes halogenated alkanes) is 1. The highest BCUT2D eigenvalue weighted by Crippen LogP contribution is 2.35. The van der Waals surface area contributed by atoms with E-state index in [1.165, 1.54) is 0 Å². The molecule has 132 valence electrons. The van der Waals surface area contributed by atoms with Gasteiger partial charge in [-0.1, -0.05) is 13.3 Å². The lowest BCUT2D eigenvalue weighted by Gasteiger charge is -2.09. The molecule has 0 atom stereocenters. The van der Waals surface area contributed by atoms with Crippen molar-refractivity contribution < 1.29 is 14.7 Å². The first-order chi connectivity index (χ1) is 11.9. The first-order valence-corrected chi connectivity index (χ1v) is 9.38. The summed E-state index contributed by atoms with van der Waals surface area (Å²) in [5, 5.41) is 15.3. The predicted molar refractivity (Wildman–Crippen MR) is 106 cm³/mol. The number of hydrogen-bond donors (Lipinski definition) is 3. The smallest absolute Gasteiger partial charge is 0.255 e. The van der Waals surface area contributed by atoms with Crippen molar-refractivity contribution in [1.29, 1.82) is 0 Å². The molecule has 2 aromatic carbocycles. The van der Waals surface area contributed by atoms with E-state index in [0.717, 1.165) is 12.8 Å². The van der Waals surface area contributed by atoms with Crippen LogP contribution in [0.15, 0.2) is 45.3 Å². The minimum Gasteiger partial charge on any atom is -0.506 e. The first kappa shape index (κ1) is 19.5. The number of halogens is 2. The summed E-state index contributed by atoms with van der Waals surface area (Å²) in [4.78, 5) is 24.0. The maximum atomic E-state index is 12.3. The van der Waals surface area contributed by atoms with Gasteiger partial charge in [0.1, 0.15) is 5.75 Å². The van der Waals surface area contributed by atoms with E-state index in [-0.39, 0.29) is 17.6 Å². The van der Waals surface area contributed by atoms with Crippen LogP contribution in [-0.4, -0.2) is 16.9 Å². The van der Waals surface area contributed by atoms with Gasteiger partial charge in [-0.05, 0) is 74.7 Å². The molecule has 0 aliphatic heterocycles. The summed E-state index contributed by atoms with van der Waals surface area (Å²) in [6.45, 7) is 2.03. The number of amides is 2. The number of anilines is 2. The number of carbonyl (C=O) groups is 2. The van der Waals surface area contributed by atoms with Crippen LogP contribution in [0.5, 0.6) is 5.75 Å². The van der Waals surface area contributed by atoms with E-state index in [1.807, 2.05) is 6.92 Å². The minimum absolute atomic E-state index is 0.0298. The van der Waals surface area contributed by atoms with Gasteiger partial charge < -0.3 is 15.7 Å². The maximum absolute atomic E-state index is 12.3. The number of phenols is 1. The van der Waals surface area contributed by atoms with E-state index in [9.17, 15) is 14.7 Å². The van der Waals surface area contributed by atoms with E-state index >= 15 is 0 Å². The van der Waals surface area contributed by atoms with Gasteiger partial charge in [0.15, 0.2) is 0 Å². The van der Waals surface area contributed by atoms with Crippen molar-refractivity contribution in [2.24, 2.45) is 0 Å². The Morgan fingerprint density at radius 1 is 1.00 bits per heavy atom. The minimum atomic E-state index is -0.284. The van der Waals surface area contributed by atoms with E-state index in [4.69, 9.17) is 0 Å². The topological polar surface area (TPSA) is 78.4 Å². The summed E-state index contributed by atoms with van der Waals surface area (Å²) in [5.41, 5.74) is 1.66. The van der Waals surface area contributed by atoms with Crippen molar-refractivity contribution in [2.45, 2.75) is 26.2 Å². The summed E-state index contributed by atoms with van der Waals surface area (Å²) in [7, 11) is 0. The summed E-state index contributed by atoms with van der Waals surface area (Å²) >= 11 is 6.44. The third kappa shape index (κ3) is 5.57. The first-order valence-electron chi connectivity index (χ1n) is 7.80. The van der Waals surface area contributed by atoms with Crippen molar-refractivity contribution in [1.82, 2.24) is 0 Å². The maximum Gasteiger partial charge on any atom is 0.255 e. The number of aromatic hydroxyl groups is 1. The zero-order valence-corrected chi connectivity index (χ0v) is 16.8. The van der Waals surface area contributed by atoms with Gasteiger partial charge in [0.2, 0.25) is 5.91 Å². The van der Waals surface area contributed by atoms with Crippen LogP contribution < -0.4 is 10.6 Å². The highest BCUT2D eigenvalue weighted by molar-refractivity contribution is 9.11. The molecule has 5 nitrogen and oxygen atoms in total. The molecule has 3 N–H and O–H groups in total. The number of benzene rings is 2. The second kappa shape index (κ2) is 9.01. The van der Waals surface area contributed by atoms with E-state index < -0.39 is 0 Å². The third-order valence-corrected chi connectivity index (χ3v) is 4.67. The quantitative estimate of drug-likeness (QED) is 0.502. The van der Waals surface area contributed by atoms with Crippen LogP contribution >= 0.6 is 31.9 Å². The van der Waals surface area contributed by atoms with Crippen molar-refractivity contribution in [3.63, 3.8) is 0 Å². The van der Waals surface area contributed by atoms with Gasteiger partial charge in [-0.25, -0.2) is 0 Å². The van der Waals surface area contributed by atoms with Crippen LogP contribution in [0.25, 0.3) is 0 Å². The Morgan fingerprint density at radius 2 is 1.60 bits per heavy atom. The number of rotatable bonds is 6. The Balaban J connectivity index is 2.02. The lowest BCUT2D eigenvalue weighted by Crippen LogP contribution is -2.13. The Hall–Kier alpha value is -1.86. The van der Waals surface area contributed by atoms with Gasteiger partial charge in [0.25, 0.3) is 5.91 Å². The van der Waals surface area contributed by atoms with Gasteiger partial charge in [0, 0.05) is 23.4 Å². The SMILES string of the molecule is CCCCC(=O)Nc1ccc(C(=O)Nc2cc(Br)c(O)c(Br)c2)cc1. The molecule has 0 heterocycles. The molecule has 0 fully saturated rings. The molecule has 0 saturated carbocycles. The Bertz CT molecular complexity index is 753. The predicted octanol–water partition coefficient (Wildman–Crippen LogP) is 5.30. The fraction of sp³-hybridized carbons (Fsp3) is 0.222.